The van der Waals surface area contributed by atoms with Crippen molar-refractivity contribution in [2.75, 3.05) is 25.5 Å². The van der Waals surface area contributed by atoms with E-state index in [1.54, 1.807) is 6.92 Å². The lowest BCUT2D eigenvalue weighted by molar-refractivity contribution is -0.127. The molecule has 22 heavy (non-hydrogen) atoms. The zero-order valence-corrected chi connectivity index (χ0v) is 13.5. The van der Waals surface area contributed by atoms with Crippen LogP contribution in [0.15, 0.2) is 23.1 Å². The average Bonchev–Trinajstić information content (AvgIpc) is 2.53. The second-order valence-corrected chi connectivity index (χ2v) is 5.83. The van der Waals surface area contributed by atoms with E-state index in [2.05, 4.69) is 10.6 Å². The normalized spacial score (nSPS) is 14.1. The number of amides is 2. The summed E-state index contributed by atoms with van der Waals surface area (Å²) in [5.41, 5.74) is 0. The highest BCUT2D eigenvalue weighted by Crippen LogP contribution is 2.34. The van der Waals surface area contributed by atoms with Gasteiger partial charge in [-0.1, -0.05) is 0 Å². The summed E-state index contributed by atoms with van der Waals surface area (Å²) in [6.45, 7) is 5.14. The number of likely N-dealkylation sites (N-methyl/N-ethyl adjacent to an activating group) is 1. The molecule has 2 N–H and O–H groups in total. The summed E-state index contributed by atoms with van der Waals surface area (Å²) < 4.78 is 11.0. The Hall–Kier alpha value is -1.89. The van der Waals surface area contributed by atoms with E-state index in [-0.39, 0.29) is 17.6 Å². The van der Waals surface area contributed by atoms with Crippen LogP contribution in [0.5, 0.6) is 11.5 Å². The van der Waals surface area contributed by atoms with Crippen molar-refractivity contribution in [3.05, 3.63) is 18.2 Å². The molecule has 0 unspecified atom stereocenters. The van der Waals surface area contributed by atoms with Crippen molar-refractivity contribution in [2.45, 2.75) is 24.8 Å². The van der Waals surface area contributed by atoms with Crippen molar-refractivity contribution < 1.29 is 19.1 Å². The van der Waals surface area contributed by atoms with Gasteiger partial charge < -0.3 is 20.1 Å². The van der Waals surface area contributed by atoms with E-state index in [1.165, 1.54) is 11.8 Å². The molecule has 7 heteroatoms. The second kappa shape index (κ2) is 7.93. The largest absolute Gasteiger partial charge is 0.486 e. The second-order valence-electron chi connectivity index (χ2n) is 4.78. The van der Waals surface area contributed by atoms with Crippen LogP contribution in [0.3, 0.4) is 0 Å². The smallest absolute Gasteiger partial charge is 0.242 e. The zero-order valence-electron chi connectivity index (χ0n) is 12.7. The lowest BCUT2D eigenvalue weighted by Crippen LogP contribution is -2.45. The number of hydrogen-bond donors (Lipinski definition) is 2. The monoisotopic (exact) mass is 324 g/mol. The van der Waals surface area contributed by atoms with Crippen LogP contribution in [0.2, 0.25) is 0 Å². The van der Waals surface area contributed by atoms with Gasteiger partial charge in [0, 0.05) is 11.4 Å². The molecule has 1 aliphatic rings. The predicted molar refractivity (Wildman–Crippen MR) is 84.4 cm³/mol. The Kier molecular flexibility index (Phi) is 5.94. The SMILES string of the molecule is CCNC(=O)[C@@H](C)NC(=O)CSc1ccc2c(c1)OCCO2. The Morgan fingerprint density at radius 3 is 2.73 bits per heavy atom. The highest BCUT2D eigenvalue weighted by Gasteiger charge is 2.16. The molecule has 1 aromatic rings. The molecule has 0 fully saturated rings. The van der Waals surface area contributed by atoms with Crippen molar-refractivity contribution >= 4 is 23.6 Å². The molecule has 0 radical (unpaired) electrons. The van der Waals surface area contributed by atoms with Gasteiger partial charge in [0.1, 0.15) is 19.3 Å². The van der Waals surface area contributed by atoms with Crippen molar-refractivity contribution in [3.8, 4) is 11.5 Å². The molecule has 0 saturated carbocycles. The Morgan fingerprint density at radius 1 is 1.27 bits per heavy atom. The molecule has 2 rings (SSSR count). The van der Waals surface area contributed by atoms with Crippen molar-refractivity contribution in [3.63, 3.8) is 0 Å². The van der Waals surface area contributed by atoms with E-state index in [9.17, 15) is 9.59 Å². The van der Waals surface area contributed by atoms with Crippen molar-refractivity contribution in [1.29, 1.82) is 0 Å². The van der Waals surface area contributed by atoms with Crippen molar-refractivity contribution in [2.24, 2.45) is 0 Å². The Balaban J connectivity index is 1.82. The molecule has 6 nitrogen and oxygen atoms in total. The first-order valence-electron chi connectivity index (χ1n) is 7.19. The van der Waals surface area contributed by atoms with Gasteiger partial charge in [0.05, 0.1) is 5.75 Å². The third-order valence-corrected chi connectivity index (χ3v) is 4.00. The van der Waals surface area contributed by atoms with E-state index in [1.807, 2.05) is 25.1 Å². The molecule has 0 aromatic heterocycles. The Bertz CT molecular complexity index is 550. The maximum Gasteiger partial charge on any atom is 0.242 e. The van der Waals surface area contributed by atoms with Gasteiger partial charge in [-0.15, -0.1) is 11.8 Å². The van der Waals surface area contributed by atoms with Gasteiger partial charge in [0.25, 0.3) is 0 Å². The van der Waals surface area contributed by atoms with Gasteiger partial charge in [-0.3, -0.25) is 9.59 Å². The molecule has 0 bridgehead atoms. The highest BCUT2D eigenvalue weighted by molar-refractivity contribution is 8.00. The topological polar surface area (TPSA) is 76.7 Å². The summed E-state index contributed by atoms with van der Waals surface area (Å²) in [6.07, 6.45) is 0. The number of fused-ring (bicyclic) bond motifs is 1. The third kappa shape index (κ3) is 4.56. The van der Waals surface area contributed by atoms with E-state index in [4.69, 9.17) is 9.47 Å². The van der Waals surface area contributed by atoms with Crippen LogP contribution in [0, 0.1) is 0 Å². The van der Waals surface area contributed by atoms with Crippen LogP contribution in [0.4, 0.5) is 0 Å². The molecule has 1 aliphatic heterocycles. The number of carbonyl (C=O) groups excluding carboxylic acids is 2. The standard InChI is InChI=1S/C15H20N2O4S/c1-3-16-15(19)10(2)17-14(18)9-22-11-4-5-12-13(8-11)21-7-6-20-12/h4-5,8,10H,3,6-7,9H2,1-2H3,(H,16,19)(H,17,18)/t10-/m1/s1. The first-order valence-corrected chi connectivity index (χ1v) is 8.18. The number of ether oxygens (including phenoxy) is 2. The molecular formula is C15H20N2O4S. The van der Waals surface area contributed by atoms with Gasteiger partial charge in [-0.2, -0.15) is 0 Å². The lowest BCUT2D eigenvalue weighted by Gasteiger charge is -2.18. The summed E-state index contributed by atoms with van der Waals surface area (Å²) in [7, 11) is 0. The minimum absolute atomic E-state index is 0.180. The maximum absolute atomic E-state index is 11.9. The van der Waals surface area contributed by atoms with Gasteiger partial charge in [-0.05, 0) is 32.0 Å². The quantitative estimate of drug-likeness (QED) is 0.769. The number of thioether (sulfide) groups is 1. The molecule has 1 heterocycles. The van der Waals surface area contributed by atoms with Gasteiger partial charge in [0.2, 0.25) is 11.8 Å². The van der Waals surface area contributed by atoms with Crippen LogP contribution < -0.4 is 20.1 Å². The lowest BCUT2D eigenvalue weighted by atomic mass is 10.3. The molecule has 120 valence electrons. The first-order chi connectivity index (χ1) is 10.6. The Morgan fingerprint density at radius 2 is 2.00 bits per heavy atom. The van der Waals surface area contributed by atoms with Crippen LogP contribution in [0.1, 0.15) is 13.8 Å². The van der Waals surface area contributed by atoms with Gasteiger partial charge in [-0.25, -0.2) is 0 Å². The molecule has 1 atom stereocenters. The van der Waals surface area contributed by atoms with Gasteiger partial charge >= 0.3 is 0 Å². The van der Waals surface area contributed by atoms with Crippen LogP contribution in [-0.4, -0.2) is 43.4 Å². The van der Waals surface area contributed by atoms with E-state index < -0.39 is 6.04 Å². The number of rotatable bonds is 6. The number of nitrogens with one attached hydrogen (secondary N) is 2. The highest BCUT2D eigenvalue weighted by atomic mass is 32.2. The molecule has 1 aromatic carbocycles. The van der Waals surface area contributed by atoms with Crippen LogP contribution >= 0.6 is 11.8 Å². The van der Waals surface area contributed by atoms with E-state index >= 15 is 0 Å². The summed E-state index contributed by atoms with van der Waals surface area (Å²) in [5.74, 6) is 1.31. The molecular weight excluding hydrogens is 304 g/mol. The Labute approximate surface area is 133 Å². The minimum atomic E-state index is -0.534. The summed E-state index contributed by atoms with van der Waals surface area (Å²) in [5, 5.41) is 5.34. The average molecular weight is 324 g/mol. The minimum Gasteiger partial charge on any atom is -0.486 e. The van der Waals surface area contributed by atoms with Crippen LogP contribution in [0.25, 0.3) is 0 Å². The fourth-order valence-electron chi connectivity index (χ4n) is 1.94. The number of hydrogen-bond acceptors (Lipinski definition) is 5. The molecule has 2 amide bonds. The summed E-state index contributed by atoms with van der Waals surface area (Å²) in [4.78, 5) is 24.3. The van der Waals surface area contributed by atoms with Crippen molar-refractivity contribution in [1.82, 2.24) is 10.6 Å². The maximum atomic E-state index is 11.9. The fraction of sp³-hybridized carbons (Fsp3) is 0.467. The third-order valence-electron chi connectivity index (χ3n) is 3.01. The van der Waals surface area contributed by atoms with Gasteiger partial charge in [0.15, 0.2) is 11.5 Å². The van der Waals surface area contributed by atoms with E-state index in [0.717, 1.165) is 10.6 Å². The van der Waals surface area contributed by atoms with Crippen LogP contribution in [-0.2, 0) is 9.59 Å². The summed E-state index contributed by atoms with van der Waals surface area (Å²) in [6, 6.07) is 5.05. The number of carbonyl (C=O) groups is 2. The zero-order chi connectivity index (χ0) is 15.9. The number of benzene rings is 1. The molecule has 0 saturated heterocycles. The molecule has 0 aliphatic carbocycles. The molecule has 0 spiro atoms. The predicted octanol–water partition coefficient (Wildman–Crippen LogP) is 1.19. The van der Waals surface area contributed by atoms with E-state index in [0.29, 0.717) is 25.5 Å². The fourth-order valence-corrected chi connectivity index (χ4v) is 2.67. The summed E-state index contributed by atoms with van der Waals surface area (Å²) >= 11 is 1.39. The first kappa shape index (κ1) is 16.5.